The number of fused-ring (bicyclic) bond motifs is 1. The highest BCUT2D eigenvalue weighted by molar-refractivity contribution is 7.79. The van der Waals surface area contributed by atoms with Crippen molar-refractivity contribution in [2.75, 3.05) is 11.9 Å². The van der Waals surface area contributed by atoms with E-state index in [-0.39, 0.29) is 6.54 Å². The van der Waals surface area contributed by atoms with Crippen LogP contribution >= 0.6 is 0 Å². The number of hydrogen-bond donors (Lipinski definition) is 5. The zero-order valence-corrected chi connectivity index (χ0v) is 8.85. The fourth-order valence-electron chi connectivity index (χ4n) is 1.30. The number of benzene rings is 1. The molecule has 1 aromatic carbocycles. The van der Waals surface area contributed by atoms with Crippen molar-refractivity contribution >= 4 is 16.1 Å². The molecule has 8 heteroatoms. The Morgan fingerprint density at radius 3 is 2.19 bits per heavy atom. The summed E-state index contributed by atoms with van der Waals surface area (Å²) in [5.74, 6) is -1.68. The second-order valence-corrected chi connectivity index (χ2v) is 4.06. The standard InChI is InChI=1S/C8H9NO2.H2O4S/c10-8(11)5-9-7-4-2-1-3-6(7)8;1-5(2,3)4/h1-4,9-11H,5H2;(H2,1,2,3,4). The van der Waals surface area contributed by atoms with Crippen LogP contribution in [0.1, 0.15) is 5.56 Å². The molecule has 0 amide bonds. The van der Waals surface area contributed by atoms with E-state index < -0.39 is 16.2 Å². The van der Waals surface area contributed by atoms with Crippen LogP contribution < -0.4 is 5.32 Å². The van der Waals surface area contributed by atoms with Crippen LogP contribution in [0.25, 0.3) is 0 Å². The van der Waals surface area contributed by atoms with Gasteiger partial charge in [-0.2, -0.15) is 8.42 Å². The highest BCUT2D eigenvalue weighted by Gasteiger charge is 2.33. The molecule has 0 aromatic heterocycles. The summed E-state index contributed by atoms with van der Waals surface area (Å²) in [4.78, 5) is 0. The molecule has 1 aliphatic heterocycles. The molecule has 0 fully saturated rings. The third-order valence-corrected chi connectivity index (χ3v) is 1.88. The van der Waals surface area contributed by atoms with Gasteiger partial charge in [-0.05, 0) is 6.07 Å². The first-order valence-corrected chi connectivity index (χ1v) is 5.58. The molecule has 0 unspecified atom stereocenters. The molecular formula is C8H11NO6S. The molecule has 0 bridgehead atoms. The third-order valence-electron chi connectivity index (χ3n) is 1.88. The van der Waals surface area contributed by atoms with Crippen LogP contribution in [0.4, 0.5) is 5.69 Å². The highest BCUT2D eigenvalue weighted by atomic mass is 32.3. The summed E-state index contributed by atoms with van der Waals surface area (Å²) in [6, 6.07) is 7.17. The summed E-state index contributed by atoms with van der Waals surface area (Å²) < 4.78 is 31.6. The van der Waals surface area contributed by atoms with Crippen molar-refractivity contribution in [2.24, 2.45) is 0 Å². The average Bonchev–Trinajstić information content (AvgIpc) is 2.41. The smallest absolute Gasteiger partial charge is 0.379 e. The van der Waals surface area contributed by atoms with Crippen LogP contribution in [0.2, 0.25) is 0 Å². The summed E-state index contributed by atoms with van der Waals surface area (Å²) in [5.41, 5.74) is 1.36. The van der Waals surface area contributed by atoms with Crippen molar-refractivity contribution in [2.45, 2.75) is 5.79 Å². The third kappa shape index (κ3) is 3.76. The second kappa shape index (κ2) is 4.36. The molecule has 5 N–H and O–H groups in total. The monoisotopic (exact) mass is 249 g/mol. The molecule has 7 nitrogen and oxygen atoms in total. The van der Waals surface area contributed by atoms with E-state index in [0.29, 0.717) is 5.56 Å². The lowest BCUT2D eigenvalue weighted by Crippen LogP contribution is -2.26. The van der Waals surface area contributed by atoms with Crippen molar-refractivity contribution in [3.8, 4) is 0 Å². The van der Waals surface area contributed by atoms with E-state index in [1.165, 1.54) is 0 Å². The fraction of sp³-hybridized carbons (Fsp3) is 0.250. The van der Waals surface area contributed by atoms with Gasteiger partial charge in [0.15, 0.2) is 0 Å². The number of para-hydroxylation sites is 1. The maximum Gasteiger partial charge on any atom is 0.394 e. The molecule has 90 valence electrons. The first-order valence-electron chi connectivity index (χ1n) is 4.18. The first-order chi connectivity index (χ1) is 7.20. The normalized spacial score (nSPS) is 16.8. The number of aliphatic hydroxyl groups is 2. The minimum absolute atomic E-state index is 0.173. The Morgan fingerprint density at radius 2 is 1.69 bits per heavy atom. The van der Waals surface area contributed by atoms with E-state index in [1.54, 1.807) is 12.1 Å². The molecule has 0 spiro atoms. The quantitative estimate of drug-likeness (QED) is 0.312. The van der Waals surface area contributed by atoms with Crippen LogP contribution in [-0.2, 0) is 16.2 Å². The first kappa shape index (κ1) is 12.9. The van der Waals surface area contributed by atoms with Crippen molar-refractivity contribution < 1.29 is 27.7 Å². The molecule has 0 saturated heterocycles. The summed E-state index contributed by atoms with van der Waals surface area (Å²) in [7, 11) is -4.67. The minimum Gasteiger partial charge on any atom is -0.379 e. The van der Waals surface area contributed by atoms with E-state index in [1.807, 2.05) is 12.1 Å². The predicted molar refractivity (Wildman–Crippen MR) is 55.2 cm³/mol. The Bertz CT molecular complexity index is 461. The van der Waals surface area contributed by atoms with Crippen molar-refractivity contribution in [1.29, 1.82) is 0 Å². The summed E-state index contributed by atoms with van der Waals surface area (Å²) >= 11 is 0. The maximum absolute atomic E-state index is 9.34. The van der Waals surface area contributed by atoms with E-state index in [2.05, 4.69) is 5.32 Å². The van der Waals surface area contributed by atoms with Gasteiger partial charge in [0.25, 0.3) is 0 Å². The van der Waals surface area contributed by atoms with Crippen LogP contribution in [0.15, 0.2) is 24.3 Å². The van der Waals surface area contributed by atoms with Gasteiger partial charge < -0.3 is 15.5 Å². The molecule has 0 aliphatic carbocycles. The number of anilines is 1. The van der Waals surface area contributed by atoms with Gasteiger partial charge in [0.1, 0.15) is 0 Å². The van der Waals surface area contributed by atoms with Gasteiger partial charge in [0, 0.05) is 11.3 Å². The minimum atomic E-state index is -4.67. The summed E-state index contributed by atoms with van der Waals surface area (Å²) in [6.45, 7) is 0.173. The summed E-state index contributed by atoms with van der Waals surface area (Å²) in [6.07, 6.45) is 0. The van der Waals surface area contributed by atoms with Crippen molar-refractivity contribution in [1.82, 2.24) is 0 Å². The Balaban J connectivity index is 0.000000221. The summed E-state index contributed by atoms with van der Waals surface area (Å²) in [5, 5.41) is 21.6. The van der Waals surface area contributed by atoms with Gasteiger partial charge in [0.05, 0.1) is 6.54 Å². The molecule has 2 rings (SSSR count). The lowest BCUT2D eigenvalue weighted by molar-refractivity contribution is -0.151. The molecule has 1 heterocycles. The Morgan fingerprint density at radius 1 is 1.19 bits per heavy atom. The molecule has 16 heavy (non-hydrogen) atoms. The molecular weight excluding hydrogens is 238 g/mol. The lowest BCUT2D eigenvalue weighted by atomic mass is 10.1. The SMILES string of the molecule is O=S(=O)(O)O.OC1(O)CNc2ccccc21. The van der Waals surface area contributed by atoms with Gasteiger partial charge in [0.2, 0.25) is 5.79 Å². The van der Waals surface area contributed by atoms with Gasteiger partial charge >= 0.3 is 10.4 Å². The van der Waals surface area contributed by atoms with Crippen LogP contribution in [-0.4, -0.2) is 34.3 Å². The maximum atomic E-state index is 9.34. The number of nitrogens with one attached hydrogen (secondary N) is 1. The average molecular weight is 249 g/mol. The van der Waals surface area contributed by atoms with Crippen molar-refractivity contribution in [3.63, 3.8) is 0 Å². The van der Waals surface area contributed by atoms with E-state index in [4.69, 9.17) is 17.5 Å². The topological polar surface area (TPSA) is 127 Å². The second-order valence-electron chi connectivity index (χ2n) is 3.16. The zero-order valence-electron chi connectivity index (χ0n) is 8.03. The van der Waals surface area contributed by atoms with Crippen LogP contribution in [0.5, 0.6) is 0 Å². The number of rotatable bonds is 0. The Kier molecular flexibility index (Phi) is 3.51. The van der Waals surface area contributed by atoms with E-state index in [0.717, 1.165) is 5.69 Å². The van der Waals surface area contributed by atoms with E-state index >= 15 is 0 Å². The number of β-amino-alcohol motifs (C(OH)–C–C–N with tert-alkyl or cyclic N) is 2. The van der Waals surface area contributed by atoms with Gasteiger partial charge in [-0.1, -0.05) is 18.2 Å². The highest BCUT2D eigenvalue weighted by Crippen LogP contribution is 2.31. The molecule has 1 aromatic rings. The molecule has 0 atom stereocenters. The van der Waals surface area contributed by atoms with Gasteiger partial charge in [-0.25, -0.2) is 0 Å². The number of hydrogen-bond acceptors (Lipinski definition) is 5. The predicted octanol–water partition coefficient (Wildman–Crippen LogP) is -0.403. The van der Waals surface area contributed by atoms with Gasteiger partial charge in [-0.15, -0.1) is 0 Å². The van der Waals surface area contributed by atoms with Gasteiger partial charge in [-0.3, -0.25) is 9.11 Å². The largest absolute Gasteiger partial charge is 0.394 e. The molecule has 0 saturated carbocycles. The Hall–Kier alpha value is -1.19. The van der Waals surface area contributed by atoms with E-state index in [9.17, 15) is 10.2 Å². The van der Waals surface area contributed by atoms with Crippen LogP contribution in [0, 0.1) is 0 Å². The fourth-order valence-corrected chi connectivity index (χ4v) is 1.30. The Labute approximate surface area is 91.9 Å². The zero-order chi connectivity index (χ0) is 12.4. The lowest BCUT2D eigenvalue weighted by Gasteiger charge is -2.13. The van der Waals surface area contributed by atoms with Crippen LogP contribution in [0.3, 0.4) is 0 Å². The molecule has 0 radical (unpaired) electrons. The van der Waals surface area contributed by atoms with Crippen molar-refractivity contribution in [3.05, 3.63) is 29.8 Å². The molecule has 1 aliphatic rings.